The fourth-order valence-corrected chi connectivity index (χ4v) is 7.79. The normalized spacial score (nSPS) is 14.3. The minimum Gasteiger partial charge on any atom is -0.310 e. The predicted octanol–water partition coefficient (Wildman–Crippen LogP) is 11.0. The first-order chi connectivity index (χ1) is 22.6. The van der Waals surface area contributed by atoms with Crippen LogP contribution in [0.4, 0.5) is 17.1 Å². The van der Waals surface area contributed by atoms with Gasteiger partial charge >= 0.3 is 0 Å². The molecule has 2 aliphatic rings. The molecule has 0 aromatic heterocycles. The Morgan fingerprint density at radius 1 is 0.553 bits per heavy atom. The van der Waals surface area contributed by atoms with Gasteiger partial charge in [0.25, 0.3) is 0 Å². The molecule has 0 heterocycles. The predicted molar refractivity (Wildman–Crippen MR) is 193 cm³/mol. The zero-order valence-corrected chi connectivity index (χ0v) is 27.3. The van der Waals surface area contributed by atoms with Crippen molar-refractivity contribution in [2.24, 2.45) is 0 Å². The van der Waals surface area contributed by atoms with Crippen molar-refractivity contribution in [2.75, 3.05) is 4.90 Å². The molecule has 0 fully saturated rings. The Hall–Kier alpha value is -5.54. The van der Waals surface area contributed by atoms with E-state index in [-0.39, 0.29) is 22.6 Å². The molecule has 3 heteroatoms. The van der Waals surface area contributed by atoms with Gasteiger partial charge in [-0.1, -0.05) is 98.3 Å². The first-order valence-electron chi connectivity index (χ1n) is 16.2. The molecule has 0 aliphatic heterocycles. The zero-order chi connectivity index (χ0) is 32.6. The zero-order valence-electron chi connectivity index (χ0n) is 27.3. The number of rotatable bonds is 4. The average molecular weight is 610 g/mol. The Kier molecular flexibility index (Phi) is 6.46. The van der Waals surface area contributed by atoms with Crippen LogP contribution in [0.25, 0.3) is 28.0 Å². The van der Waals surface area contributed by atoms with Crippen LogP contribution in [0.5, 0.6) is 0 Å². The molecule has 3 nitrogen and oxygen atoms in total. The third kappa shape index (κ3) is 4.49. The van der Waals surface area contributed by atoms with Crippen molar-refractivity contribution in [3.8, 4) is 11.1 Å². The van der Waals surface area contributed by atoms with Crippen molar-refractivity contribution in [2.45, 2.75) is 40.0 Å². The lowest BCUT2D eigenvalue weighted by atomic mass is 9.82. The van der Waals surface area contributed by atoms with Crippen LogP contribution in [0.1, 0.15) is 67.9 Å². The van der Waals surface area contributed by atoms with Crippen molar-refractivity contribution in [1.29, 1.82) is 0 Å². The molecule has 0 radical (unpaired) electrons. The number of allylic oxidation sites excluding steroid dienone is 1. The summed E-state index contributed by atoms with van der Waals surface area (Å²) in [6, 6.07) is 39.7. The molecule has 0 spiro atoms. The lowest BCUT2D eigenvalue weighted by Gasteiger charge is -2.30. The van der Waals surface area contributed by atoms with Gasteiger partial charge in [-0.25, -0.2) is 0 Å². The summed E-state index contributed by atoms with van der Waals surface area (Å²) in [5.74, 6) is -0.428. The van der Waals surface area contributed by atoms with E-state index in [1.165, 1.54) is 38.9 Å². The molecule has 0 N–H and O–H groups in total. The fraction of sp³-hybridized carbons (Fsp3) is 0.136. The highest BCUT2D eigenvalue weighted by atomic mass is 16.2. The molecule has 2 aliphatic carbocycles. The van der Waals surface area contributed by atoms with Crippen LogP contribution in [-0.4, -0.2) is 11.6 Å². The molecule has 0 unspecified atom stereocenters. The van der Waals surface area contributed by atoms with E-state index >= 15 is 0 Å². The van der Waals surface area contributed by atoms with Crippen LogP contribution < -0.4 is 4.90 Å². The number of Topliss-reactive ketones (excluding diaryl/α,β-unsaturated/α-hetero) is 2. The average Bonchev–Trinajstić information content (AvgIpc) is 3.43. The summed E-state index contributed by atoms with van der Waals surface area (Å²) in [5, 5.41) is 1.91. The summed E-state index contributed by atoms with van der Waals surface area (Å²) in [4.78, 5) is 29.2. The minimum atomic E-state index is -0.214. The molecule has 6 aromatic rings. The number of fused-ring (bicyclic) bond motifs is 5. The highest BCUT2D eigenvalue weighted by Crippen LogP contribution is 2.51. The molecule has 0 atom stereocenters. The third-order valence-electron chi connectivity index (χ3n) is 10.0. The quantitative estimate of drug-likeness (QED) is 0.147. The number of carbonyl (C=O) groups is 2. The molecule has 0 saturated carbocycles. The number of carbonyl (C=O) groups excluding carboxylic acids is 2. The van der Waals surface area contributed by atoms with Crippen molar-refractivity contribution in [3.63, 3.8) is 0 Å². The number of anilines is 3. The highest BCUT2D eigenvalue weighted by molar-refractivity contribution is 6.42. The van der Waals surface area contributed by atoms with Gasteiger partial charge in [0.2, 0.25) is 0 Å². The van der Waals surface area contributed by atoms with E-state index < -0.39 is 0 Å². The Balaban J connectivity index is 1.21. The monoisotopic (exact) mass is 609 g/mol. The van der Waals surface area contributed by atoms with Gasteiger partial charge in [-0.2, -0.15) is 0 Å². The standard InChI is InChI=1S/C44H35NO2/c1-26-20-27(2)41(28(3)21-26)45(33-18-19-35-34-12-8-9-13-39(34)44(4,5)40(35)25-33)32-16-14-29(15-17-32)22-38-42(46)36-23-30-10-6-7-11-31(30)24-37(36)43(38)47/h6-25H,1-5H3. The van der Waals surface area contributed by atoms with Gasteiger partial charge in [-0.15, -0.1) is 0 Å². The Bertz CT molecular complexity index is 2260. The molecular weight excluding hydrogens is 574 g/mol. The minimum absolute atomic E-state index is 0.120. The van der Waals surface area contributed by atoms with E-state index in [4.69, 9.17) is 0 Å². The SMILES string of the molecule is Cc1cc(C)c(N(c2ccc(C=C3C(=O)c4cc5ccccc5cc4C3=O)cc2)c2ccc3c(c2)C(C)(C)c2ccccc2-3)c(C)c1. The fourth-order valence-electron chi connectivity index (χ4n) is 7.79. The molecule has 0 bridgehead atoms. The number of hydrogen-bond donors (Lipinski definition) is 0. The summed E-state index contributed by atoms with van der Waals surface area (Å²) in [6.45, 7) is 11.1. The van der Waals surface area contributed by atoms with Gasteiger partial charge < -0.3 is 4.90 Å². The maximum Gasteiger partial charge on any atom is 0.197 e. The van der Waals surface area contributed by atoms with Gasteiger partial charge in [0, 0.05) is 27.9 Å². The van der Waals surface area contributed by atoms with Gasteiger partial charge in [0.05, 0.1) is 11.3 Å². The van der Waals surface area contributed by atoms with Crippen molar-refractivity contribution in [3.05, 3.63) is 165 Å². The summed E-state index contributed by atoms with van der Waals surface area (Å²) >= 11 is 0. The second-order valence-corrected chi connectivity index (χ2v) is 13.5. The summed E-state index contributed by atoms with van der Waals surface area (Å²) in [5.41, 5.74) is 14.0. The molecule has 47 heavy (non-hydrogen) atoms. The summed E-state index contributed by atoms with van der Waals surface area (Å²) in [7, 11) is 0. The van der Waals surface area contributed by atoms with Crippen LogP contribution in [0.15, 0.2) is 121 Å². The Morgan fingerprint density at radius 2 is 1.11 bits per heavy atom. The number of nitrogens with zero attached hydrogens (tertiary/aromatic N) is 1. The van der Waals surface area contributed by atoms with Gasteiger partial charge in [0.1, 0.15) is 0 Å². The van der Waals surface area contributed by atoms with Crippen LogP contribution in [0.3, 0.4) is 0 Å². The second-order valence-electron chi connectivity index (χ2n) is 13.5. The van der Waals surface area contributed by atoms with Crippen molar-refractivity contribution >= 4 is 45.5 Å². The third-order valence-corrected chi connectivity index (χ3v) is 10.0. The summed E-state index contributed by atoms with van der Waals surface area (Å²) in [6.07, 6.45) is 1.74. The molecular formula is C44H35NO2. The van der Waals surface area contributed by atoms with Crippen LogP contribution in [0, 0.1) is 20.8 Å². The van der Waals surface area contributed by atoms with E-state index in [0.29, 0.717) is 11.1 Å². The lowest BCUT2D eigenvalue weighted by molar-refractivity contribution is 0.0990. The molecule has 228 valence electrons. The second kappa shape index (κ2) is 10.5. The topological polar surface area (TPSA) is 37.4 Å². The van der Waals surface area contributed by atoms with Crippen molar-refractivity contribution < 1.29 is 9.59 Å². The van der Waals surface area contributed by atoms with Gasteiger partial charge in [0.15, 0.2) is 11.6 Å². The Morgan fingerprint density at radius 3 is 1.74 bits per heavy atom. The maximum atomic E-state index is 13.4. The van der Waals surface area contributed by atoms with Crippen LogP contribution in [0.2, 0.25) is 0 Å². The number of aryl methyl sites for hydroxylation is 3. The highest BCUT2D eigenvalue weighted by Gasteiger charge is 2.36. The van der Waals surface area contributed by atoms with Gasteiger partial charge in [-0.05, 0) is 113 Å². The summed E-state index contributed by atoms with van der Waals surface area (Å²) < 4.78 is 0. The molecule has 0 amide bonds. The largest absolute Gasteiger partial charge is 0.310 e. The molecule has 0 saturated heterocycles. The van der Waals surface area contributed by atoms with Crippen molar-refractivity contribution in [1.82, 2.24) is 0 Å². The first-order valence-corrected chi connectivity index (χ1v) is 16.2. The lowest BCUT2D eigenvalue weighted by Crippen LogP contribution is -2.17. The van der Waals surface area contributed by atoms with E-state index in [0.717, 1.165) is 33.4 Å². The number of hydrogen-bond acceptors (Lipinski definition) is 3. The smallest absolute Gasteiger partial charge is 0.197 e. The number of benzene rings is 6. The molecule has 8 rings (SSSR count). The van der Waals surface area contributed by atoms with Gasteiger partial charge in [-0.3, -0.25) is 9.59 Å². The van der Waals surface area contributed by atoms with E-state index in [2.05, 4.69) is 106 Å². The van der Waals surface area contributed by atoms with E-state index in [1.807, 2.05) is 48.5 Å². The van der Waals surface area contributed by atoms with Crippen LogP contribution in [-0.2, 0) is 5.41 Å². The van der Waals surface area contributed by atoms with E-state index in [1.54, 1.807) is 6.08 Å². The molecule has 6 aromatic carbocycles. The maximum absolute atomic E-state index is 13.4. The Labute approximate surface area is 275 Å². The first kappa shape index (κ1) is 28.9. The van der Waals surface area contributed by atoms with Crippen LogP contribution >= 0.6 is 0 Å². The number of ketones is 2. The van der Waals surface area contributed by atoms with E-state index in [9.17, 15) is 9.59 Å².